The number of imide groups is 1. The van der Waals surface area contributed by atoms with Crippen LogP contribution in [0.25, 0.3) is 0 Å². The van der Waals surface area contributed by atoms with Crippen LogP contribution in [0, 0.1) is 5.92 Å². The molecule has 0 radical (unpaired) electrons. The van der Waals surface area contributed by atoms with Gasteiger partial charge < -0.3 is 5.32 Å². The zero-order valence-electron chi connectivity index (χ0n) is 9.85. The van der Waals surface area contributed by atoms with Crippen molar-refractivity contribution in [1.82, 2.24) is 10.2 Å². The average molecular weight is 232 g/mol. The number of carbonyl (C=O) groups excluding carboxylic acids is 2. The number of benzene rings is 1. The normalized spacial score (nSPS) is 21.0. The molecular weight excluding hydrogens is 216 g/mol. The first-order valence-corrected chi connectivity index (χ1v) is 5.81. The summed E-state index contributed by atoms with van der Waals surface area (Å²) in [6.07, 6.45) is 0.704. The van der Waals surface area contributed by atoms with Crippen LogP contribution in [-0.2, 0) is 11.3 Å². The summed E-state index contributed by atoms with van der Waals surface area (Å²) in [6, 6.07) is 9.25. The lowest BCUT2D eigenvalue weighted by Crippen LogP contribution is -2.42. The predicted molar refractivity (Wildman–Crippen MR) is 64.2 cm³/mol. The van der Waals surface area contributed by atoms with Crippen molar-refractivity contribution in [2.75, 3.05) is 6.54 Å². The lowest BCUT2D eigenvalue weighted by molar-refractivity contribution is -0.132. The summed E-state index contributed by atoms with van der Waals surface area (Å²) in [6.45, 7) is 2.77. The maximum Gasteiger partial charge on any atom is 0.324 e. The third-order valence-corrected chi connectivity index (χ3v) is 2.97. The van der Waals surface area contributed by atoms with Crippen molar-refractivity contribution in [3.63, 3.8) is 0 Å². The molecule has 0 aliphatic carbocycles. The van der Waals surface area contributed by atoms with Gasteiger partial charge in [0.15, 0.2) is 0 Å². The van der Waals surface area contributed by atoms with Crippen molar-refractivity contribution in [2.24, 2.45) is 5.92 Å². The van der Waals surface area contributed by atoms with Crippen LogP contribution in [0.1, 0.15) is 18.9 Å². The molecule has 1 N–H and O–H groups in total. The molecule has 1 aromatic rings. The minimum absolute atomic E-state index is 0.0937. The van der Waals surface area contributed by atoms with Gasteiger partial charge in [0.1, 0.15) is 0 Å². The lowest BCUT2D eigenvalue weighted by atomic mass is 10.1. The van der Waals surface area contributed by atoms with E-state index in [0.717, 1.165) is 5.56 Å². The maximum absolute atomic E-state index is 12.0. The van der Waals surface area contributed by atoms with Crippen LogP contribution in [0.2, 0.25) is 0 Å². The van der Waals surface area contributed by atoms with Gasteiger partial charge in [0.05, 0.1) is 6.54 Å². The Balaban J connectivity index is 2.16. The molecule has 17 heavy (non-hydrogen) atoms. The molecule has 1 saturated heterocycles. The SMILES string of the molecule is CC1CCNC(=O)N(Cc2ccccc2)C1=O. The first-order chi connectivity index (χ1) is 8.18. The van der Waals surface area contributed by atoms with Gasteiger partial charge in [0.25, 0.3) is 0 Å². The van der Waals surface area contributed by atoms with E-state index >= 15 is 0 Å². The Morgan fingerprint density at radius 1 is 1.29 bits per heavy atom. The van der Waals surface area contributed by atoms with Crippen molar-refractivity contribution in [3.05, 3.63) is 35.9 Å². The molecule has 1 heterocycles. The van der Waals surface area contributed by atoms with Crippen molar-refractivity contribution in [2.45, 2.75) is 19.9 Å². The molecule has 1 aliphatic rings. The second kappa shape index (κ2) is 4.99. The molecule has 0 spiro atoms. The Morgan fingerprint density at radius 2 is 2.00 bits per heavy atom. The molecule has 0 saturated carbocycles. The van der Waals surface area contributed by atoms with Crippen molar-refractivity contribution in [3.8, 4) is 0 Å². The molecule has 3 amide bonds. The summed E-state index contributed by atoms with van der Waals surface area (Å²) in [5.74, 6) is -0.193. The molecular formula is C13H16N2O2. The van der Waals surface area contributed by atoms with Gasteiger partial charge in [-0.2, -0.15) is 0 Å². The Bertz CT molecular complexity index is 417. The molecule has 1 unspecified atom stereocenters. The number of nitrogens with zero attached hydrogens (tertiary/aromatic N) is 1. The van der Waals surface area contributed by atoms with Crippen LogP contribution in [-0.4, -0.2) is 23.4 Å². The minimum Gasteiger partial charge on any atom is -0.338 e. The molecule has 0 bridgehead atoms. The number of amides is 3. The molecule has 0 aromatic heterocycles. The molecule has 4 nitrogen and oxygen atoms in total. The van der Waals surface area contributed by atoms with Gasteiger partial charge >= 0.3 is 6.03 Å². The summed E-state index contributed by atoms with van der Waals surface area (Å²) < 4.78 is 0. The van der Waals surface area contributed by atoms with Gasteiger partial charge in [-0.25, -0.2) is 4.79 Å². The monoisotopic (exact) mass is 232 g/mol. The van der Waals surface area contributed by atoms with Gasteiger partial charge in [-0.05, 0) is 12.0 Å². The summed E-state index contributed by atoms with van der Waals surface area (Å²) in [7, 11) is 0. The zero-order valence-corrected chi connectivity index (χ0v) is 9.85. The fraction of sp³-hybridized carbons (Fsp3) is 0.385. The second-order valence-corrected chi connectivity index (χ2v) is 4.33. The highest BCUT2D eigenvalue weighted by atomic mass is 16.2. The number of hydrogen-bond acceptors (Lipinski definition) is 2. The molecule has 1 aromatic carbocycles. The molecule has 1 aliphatic heterocycles. The number of hydrogen-bond donors (Lipinski definition) is 1. The maximum atomic E-state index is 12.0. The number of rotatable bonds is 2. The Hall–Kier alpha value is -1.84. The highest BCUT2D eigenvalue weighted by Crippen LogP contribution is 2.14. The molecule has 2 rings (SSSR count). The number of urea groups is 1. The first kappa shape index (κ1) is 11.6. The summed E-state index contributed by atoms with van der Waals surface area (Å²) in [4.78, 5) is 25.1. The van der Waals surface area contributed by atoms with E-state index in [4.69, 9.17) is 0 Å². The summed E-state index contributed by atoms with van der Waals surface area (Å²) in [5.41, 5.74) is 0.963. The molecule has 4 heteroatoms. The van der Waals surface area contributed by atoms with Crippen LogP contribution >= 0.6 is 0 Å². The number of carbonyl (C=O) groups is 2. The minimum atomic E-state index is -0.289. The Labute approximate surface area is 101 Å². The van der Waals surface area contributed by atoms with Crippen molar-refractivity contribution < 1.29 is 9.59 Å². The van der Waals surface area contributed by atoms with Crippen LogP contribution < -0.4 is 5.32 Å². The van der Waals surface area contributed by atoms with Crippen LogP contribution in [0.15, 0.2) is 30.3 Å². The topological polar surface area (TPSA) is 49.4 Å². The van der Waals surface area contributed by atoms with E-state index in [1.165, 1.54) is 4.90 Å². The largest absolute Gasteiger partial charge is 0.338 e. The van der Waals surface area contributed by atoms with E-state index in [2.05, 4.69) is 5.32 Å². The van der Waals surface area contributed by atoms with E-state index in [1.54, 1.807) is 0 Å². The summed E-state index contributed by atoms with van der Waals surface area (Å²) >= 11 is 0. The van der Waals surface area contributed by atoms with E-state index in [-0.39, 0.29) is 17.9 Å². The fourth-order valence-corrected chi connectivity index (χ4v) is 1.90. The molecule has 1 atom stereocenters. The Morgan fingerprint density at radius 3 is 2.71 bits per heavy atom. The van der Waals surface area contributed by atoms with Gasteiger partial charge in [-0.1, -0.05) is 37.3 Å². The standard InChI is InChI=1S/C13H16N2O2/c1-10-7-8-14-13(17)15(12(10)16)9-11-5-3-2-4-6-11/h2-6,10H,7-9H2,1H3,(H,14,17). The average Bonchev–Trinajstić information content (AvgIpc) is 2.45. The third kappa shape index (κ3) is 2.64. The quantitative estimate of drug-likeness (QED) is 0.844. The van der Waals surface area contributed by atoms with E-state index in [9.17, 15) is 9.59 Å². The summed E-state index contributed by atoms with van der Waals surface area (Å²) in [5, 5.41) is 2.74. The Kier molecular flexibility index (Phi) is 3.42. The smallest absolute Gasteiger partial charge is 0.324 e. The fourth-order valence-electron chi connectivity index (χ4n) is 1.90. The number of nitrogens with one attached hydrogen (secondary N) is 1. The third-order valence-electron chi connectivity index (χ3n) is 2.97. The predicted octanol–water partition coefficient (Wildman–Crippen LogP) is 1.76. The molecule has 1 fully saturated rings. The van der Waals surface area contributed by atoms with Crippen molar-refractivity contribution in [1.29, 1.82) is 0 Å². The van der Waals surface area contributed by atoms with Gasteiger partial charge in [0, 0.05) is 12.5 Å². The first-order valence-electron chi connectivity index (χ1n) is 5.81. The van der Waals surface area contributed by atoms with E-state index < -0.39 is 0 Å². The van der Waals surface area contributed by atoms with Crippen LogP contribution in [0.4, 0.5) is 4.79 Å². The lowest BCUT2D eigenvalue weighted by Gasteiger charge is -2.20. The van der Waals surface area contributed by atoms with E-state index in [0.29, 0.717) is 19.5 Å². The van der Waals surface area contributed by atoms with Gasteiger partial charge in [-0.15, -0.1) is 0 Å². The van der Waals surface area contributed by atoms with E-state index in [1.807, 2.05) is 37.3 Å². The van der Waals surface area contributed by atoms with Gasteiger partial charge in [-0.3, -0.25) is 9.69 Å². The zero-order chi connectivity index (χ0) is 12.3. The second-order valence-electron chi connectivity index (χ2n) is 4.33. The van der Waals surface area contributed by atoms with Crippen LogP contribution in [0.5, 0.6) is 0 Å². The van der Waals surface area contributed by atoms with Gasteiger partial charge in [0.2, 0.25) is 5.91 Å². The van der Waals surface area contributed by atoms with Crippen molar-refractivity contribution >= 4 is 11.9 Å². The van der Waals surface area contributed by atoms with Crippen LogP contribution in [0.3, 0.4) is 0 Å². The highest BCUT2D eigenvalue weighted by Gasteiger charge is 2.28. The molecule has 90 valence electrons. The highest BCUT2D eigenvalue weighted by molar-refractivity contribution is 5.96.